The number of nitrogens with zero attached hydrogens (tertiary/aromatic N) is 1. The van der Waals surface area contributed by atoms with Gasteiger partial charge in [-0.05, 0) is 51.6 Å². The average Bonchev–Trinajstić information content (AvgIpc) is 2.88. The number of para-hydroxylation sites is 1. The molecule has 0 amide bonds. The largest absolute Gasteiger partial charge is 0.400 e. The third-order valence-electron chi connectivity index (χ3n) is 3.73. The van der Waals surface area contributed by atoms with Crippen LogP contribution in [0.1, 0.15) is 39.8 Å². The van der Waals surface area contributed by atoms with Crippen molar-refractivity contribution in [1.82, 2.24) is 4.57 Å². The predicted octanol–water partition coefficient (Wildman–Crippen LogP) is 2.24. The Morgan fingerprint density at radius 1 is 1.04 bits per heavy atom. The summed E-state index contributed by atoms with van der Waals surface area (Å²) in [6, 6.07) is 10.5. The third kappa shape index (κ3) is 6.21. The second kappa shape index (κ2) is 10.5. The molecule has 6 heteroatoms. The zero-order chi connectivity index (χ0) is 18.5. The Morgan fingerprint density at radius 3 is 2.04 bits per heavy atom. The van der Waals surface area contributed by atoms with E-state index in [-0.39, 0.29) is 33.9 Å². The van der Waals surface area contributed by atoms with Crippen molar-refractivity contribution in [2.24, 2.45) is 5.92 Å². The fourth-order valence-corrected chi connectivity index (χ4v) is 2.83. The topological polar surface area (TPSA) is 85.8 Å². The average molecular weight is 385 g/mol. The zero-order valence-corrected chi connectivity index (χ0v) is 17.3. The molecule has 2 aliphatic rings. The zero-order valence-electron chi connectivity index (χ0n) is 15.8. The molecule has 0 saturated heterocycles. The van der Waals surface area contributed by atoms with E-state index in [1.54, 1.807) is 27.7 Å². The smallest absolute Gasteiger partial charge is 0.110 e. The second-order valence-electron chi connectivity index (χ2n) is 6.71. The molecule has 0 radical (unpaired) electrons. The summed E-state index contributed by atoms with van der Waals surface area (Å²) in [6.45, 7) is 7.89. The van der Waals surface area contributed by atoms with E-state index >= 15 is 0 Å². The van der Waals surface area contributed by atoms with E-state index in [9.17, 15) is 5.11 Å². The molecule has 2 unspecified atom stereocenters. The van der Waals surface area contributed by atoms with E-state index in [1.165, 1.54) is 10.9 Å². The molecule has 1 saturated carbocycles. The quantitative estimate of drug-likeness (QED) is 0.524. The standard InChI is InChI=1S/C12H11NO.2C3H8O.CH4O.Ti/c14-12-6-9(12)7-13-10-4-2-1-3-8(10)5-11(12)13;2*1-3(2)4;1-2;/h1-5,9,14H,6-7H2;2*3-4H,1-2H3;2H,1H3;. The number of benzene rings is 1. The van der Waals surface area contributed by atoms with Gasteiger partial charge in [-0.1, -0.05) is 18.2 Å². The molecule has 4 N–H and O–H groups in total. The van der Waals surface area contributed by atoms with Gasteiger partial charge in [0.15, 0.2) is 0 Å². The second-order valence-corrected chi connectivity index (χ2v) is 6.71. The Bertz CT molecular complexity index is 630. The van der Waals surface area contributed by atoms with Gasteiger partial charge in [0.1, 0.15) is 5.60 Å². The van der Waals surface area contributed by atoms with Crippen LogP contribution < -0.4 is 0 Å². The Kier molecular flexibility index (Phi) is 10.2. The van der Waals surface area contributed by atoms with E-state index in [0.29, 0.717) is 5.92 Å². The van der Waals surface area contributed by atoms with Crippen LogP contribution in [0.4, 0.5) is 0 Å². The minimum absolute atomic E-state index is 0. The van der Waals surface area contributed by atoms with Gasteiger partial charge >= 0.3 is 0 Å². The van der Waals surface area contributed by atoms with Crippen LogP contribution in [0.25, 0.3) is 10.9 Å². The van der Waals surface area contributed by atoms with E-state index in [2.05, 4.69) is 28.8 Å². The SMILES string of the molecule is CC(C)O.CC(C)O.CO.OC12CC1Cn1c2cc2ccccc21.[Ti]. The normalized spacial score (nSPS) is 21.6. The number of rotatable bonds is 0. The number of aliphatic hydroxyl groups excluding tert-OH is 3. The summed E-state index contributed by atoms with van der Waals surface area (Å²) < 4.78 is 2.27. The molecule has 0 spiro atoms. The van der Waals surface area contributed by atoms with Crippen LogP contribution in [0.5, 0.6) is 0 Å². The fourth-order valence-electron chi connectivity index (χ4n) is 2.83. The van der Waals surface area contributed by atoms with Crippen LogP contribution in [0.2, 0.25) is 0 Å². The van der Waals surface area contributed by atoms with Crippen LogP contribution >= 0.6 is 0 Å². The first-order valence-electron chi connectivity index (χ1n) is 8.37. The first-order chi connectivity index (χ1) is 11.3. The van der Waals surface area contributed by atoms with Gasteiger partial charge in [0.05, 0.1) is 5.69 Å². The molecule has 1 aliphatic carbocycles. The van der Waals surface area contributed by atoms with Gasteiger partial charge in [-0.25, -0.2) is 0 Å². The molecule has 4 rings (SSSR count). The molecular formula is C19H31NO4Ti. The summed E-state index contributed by atoms with van der Waals surface area (Å²) in [5.41, 5.74) is 1.92. The van der Waals surface area contributed by atoms with Gasteiger partial charge in [0.2, 0.25) is 0 Å². The van der Waals surface area contributed by atoms with Gasteiger partial charge in [-0.3, -0.25) is 0 Å². The van der Waals surface area contributed by atoms with Gasteiger partial charge in [0.25, 0.3) is 0 Å². The maximum absolute atomic E-state index is 10.2. The summed E-state index contributed by atoms with van der Waals surface area (Å²) >= 11 is 0. The Hall–Kier alpha value is -0.686. The van der Waals surface area contributed by atoms with E-state index in [1.807, 2.05) is 6.07 Å². The van der Waals surface area contributed by atoms with Crippen molar-refractivity contribution in [2.45, 2.75) is 58.5 Å². The van der Waals surface area contributed by atoms with Crippen LogP contribution in [0.3, 0.4) is 0 Å². The first kappa shape index (κ1) is 24.3. The number of fused-ring (bicyclic) bond motifs is 5. The molecule has 2 aromatic rings. The Labute approximate surface area is 165 Å². The number of aliphatic hydroxyl groups is 4. The summed E-state index contributed by atoms with van der Waals surface area (Å²) in [5, 5.41) is 34.6. The van der Waals surface area contributed by atoms with Crippen molar-refractivity contribution >= 4 is 10.9 Å². The van der Waals surface area contributed by atoms with Gasteiger partial charge in [-0.2, -0.15) is 0 Å². The van der Waals surface area contributed by atoms with Crippen LogP contribution in [0.15, 0.2) is 30.3 Å². The molecule has 1 fully saturated rings. The van der Waals surface area contributed by atoms with Crippen molar-refractivity contribution < 1.29 is 42.1 Å². The number of hydrogen-bond donors (Lipinski definition) is 4. The Morgan fingerprint density at radius 2 is 1.52 bits per heavy atom. The van der Waals surface area contributed by atoms with Crippen LogP contribution in [-0.2, 0) is 33.9 Å². The maximum atomic E-state index is 10.2. The number of aromatic nitrogens is 1. The van der Waals surface area contributed by atoms with Crippen LogP contribution in [0, 0.1) is 5.92 Å². The summed E-state index contributed by atoms with van der Waals surface area (Å²) in [4.78, 5) is 0. The van der Waals surface area contributed by atoms with Crippen LogP contribution in [-0.4, -0.2) is 44.3 Å². The molecular weight excluding hydrogens is 354 g/mol. The third-order valence-corrected chi connectivity index (χ3v) is 3.73. The van der Waals surface area contributed by atoms with E-state index in [0.717, 1.165) is 25.8 Å². The summed E-state index contributed by atoms with van der Waals surface area (Å²) in [6.07, 6.45) is 0.628. The molecule has 1 aliphatic heterocycles. The predicted molar refractivity (Wildman–Crippen MR) is 96.8 cm³/mol. The van der Waals surface area contributed by atoms with Crippen molar-refractivity contribution in [3.05, 3.63) is 36.0 Å². The molecule has 5 nitrogen and oxygen atoms in total. The van der Waals surface area contributed by atoms with Gasteiger partial charge in [-0.15, -0.1) is 0 Å². The van der Waals surface area contributed by atoms with Gasteiger partial charge < -0.3 is 25.0 Å². The van der Waals surface area contributed by atoms with E-state index < -0.39 is 5.60 Å². The fraction of sp³-hybridized carbons (Fsp3) is 0.579. The molecule has 2 atom stereocenters. The molecule has 0 bridgehead atoms. The summed E-state index contributed by atoms with van der Waals surface area (Å²) in [7, 11) is 1.00. The number of hydrogen-bond acceptors (Lipinski definition) is 4. The minimum atomic E-state index is -0.473. The van der Waals surface area contributed by atoms with Crippen molar-refractivity contribution in [3.63, 3.8) is 0 Å². The molecule has 1 aromatic carbocycles. The monoisotopic (exact) mass is 385 g/mol. The molecule has 140 valence electrons. The van der Waals surface area contributed by atoms with Gasteiger partial charge in [0, 0.05) is 59.0 Å². The molecule has 1 aromatic heterocycles. The van der Waals surface area contributed by atoms with Crippen molar-refractivity contribution in [3.8, 4) is 0 Å². The Balaban J connectivity index is 0.000000450. The van der Waals surface area contributed by atoms with E-state index in [4.69, 9.17) is 15.3 Å². The van der Waals surface area contributed by atoms with Crippen molar-refractivity contribution in [1.29, 1.82) is 0 Å². The maximum Gasteiger partial charge on any atom is 0.110 e. The molecule has 2 heterocycles. The molecule has 25 heavy (non-hydrogen) atoms. The minimum Gasteiger partial charge on any atom is -0.400 e. The first-order valence-corrected chi connectivity index (χ1v) is 8.37. The van der Waals surface area contributed by atoms with Crippen molar-refractivity contribution in [2.75, 3.05) is 7.11 Å². The summed E-state index contributed by atoms with van der Waals surface area (Å²) in [5.74, 6) is 0.488.